The van der Waals surface area contributed by atoms with E-state index in [1.54, 1.807) is 12.1 Å². The smallest absolute Gasteiger partial charge is 0.141 e. The van der Waals surface area contributed by atoms with Gasteiger partial charge in [0.1, 0.15) is 22.5 Å². The third kappa shape index (κ3) is 7.41. The van der Waals surface area contributed by atoms with E-state index in [4.69, 9.17) is 0 Å². The van der Waals surface area contributed by atoms with Crippen LogP contribution in [-0.4, -0.2) is 37.5 Å². The number of phenols is 2. The van der Waals surface area contributed by atoms with E-state index in [2.05, 4.69) is 58.5 Å². The second kappa shape index (κ2) is 13.2. The lowest BCUT2D eigenvalue weighted by atomic mass is 10.1. The highest BCUT2D eigenvalue weighted by atomic mass is 27.0. The molecule has 0 atom stereocenters. The summed E-state index contributed by atoms with van der Waals surface area (Å²) in [5, 5.41) is 20.8. The Bertz CT molecular complexity index is 1450. The third-order valence-corrected chi connectivity index (χ3v) is 5.56. The summed E-state index contributed by atoms with van der Waals surface area (Å²) in [6, 6.07) is 39.3. The van der Waals surface area contributed by atoms with E-state index in [1.807, 2.05) is 74.5 Å². The number of benzene rings is 4. The van der Waals surface area contributed by atoms with Crippen LogP contribution in [0.1, 0.15) is 11.4 Å². The molecule has 0 fully saturated rings. The molecule has 0 bridgehead atoms. The molecule has 2 aromatic heterocycles. The Morgan fingerprint density at radius 3 is 1.19 bits per heavy atom. The van der Waals surface area contributed by atoms with Crippen molar-refractivity contribution in [2.45, 2.75) is 13.8 Å². The highest BCUT2D eigenvalue weighted by molar-refractivity contribution is 5.84. The summed E-state index contributed by atoms with van der Waals surface area (Å²) < 4.78 is 0. The van der Waals surface area contributed by atoms with Crippen molar-refractivity contribution in [3.63, 3.8) is 0 Å². The van der Waals surface area contributed by atoms with Gasteiger partial charge in [0.2, 0.25) is 0 Å². The Morgan fingerprint density at radius 1 is 0.432 bits per heavy atom. The first kappa shape index (κ1) is 27.4. The normalized spacial score (nSPS) is 9.89. The maximum Gasteiger partial charge on any atom is 0.141 e. The number of aryl methyl sites for hydroxylation is 2. The summed E-state index contributed by atoms with van der Waals surface area (Å²) in [6.07, 6.45) is 0. The summed E-state index contributed by atoms with van der Waals surface area (Å²) in [5.74, 6) is 0.493. The average Bonchev–Trinajstić information content (AvgIpc) is 2.92. The first-order valence-corrected chi connectivity index (χ1v) is 11.7. The Hall–Kier alpha value is -4.17. The molecule has 4 nitrogen and oxygen atoms in total. The third-order valence-electron chi connectivity index (χ3n) is 5.56. The summed E-state index contributed by atoms with van der Waals surface area (Å²) >= 11 is 0. The maximum absolute atomic E-state index is 9.43. The highest BCUT2D eigenvalue weighted by Crippen LogP contribution is 2.23. The second-order valence-electron chi connectivity index (χ2n) is 8.34. The van der Waals surface area contributed by atoms with Gasteiger partial charge in [-0.2, -0.15) is 0 Å². The van der Waals surface area contributed by atoms with E-state index in [0.717, 1.165) is 22.2 Å². The zero-order valence-corrected chi connectivity index (χ0v) is 22.1. The molecule has 3 radical (unpaired) electrons. The number of hydrogen-bond acceptors (Lipinski definition) is 4. The van der Waals surface area contributed by atoms with Crippen LogP contribution in [-0.2, 0) is 0 Å². The summed E-state index contributed by atoms with van der Waals surface area (Å²) in [4.78, 5) is 8.45. The van der Waals surface area contributed by atoms with Crippen molar-refractivity contribution in [3.8, 4) is 22.6 Å². The lowest BCUT2D eigenvalue weighted by Crippen LogP contribution is -1.82. The molecule has 6 rings (SSSR count). The number of aromatic hydroxyl groups is 2. The Morgan fingerprint density at radius 2 is 0.811 bits per heavy atom. The predicted octanol–water partition coefficient (Wildman–Crippen LogP) is 7.47. The average molecular weight is 500 g/mol. The molecule has 5 heteroatoms. The van der Waals surface area contributed by atoms with E-state index in [-0.39, 0.29) is 28.9 Å². The van der Waals surface area contributed by atoms with Crippen LogP contribution in [0.15, 0.2) is 121 Å². The van der Waals surface area contributed by atoms with E-state index in [1.165, 1.54) is 11.1 Å². The van der Waals surface area contributed by atoms with Crippen molar-refractivity contribution >= 4 is 39.2 Å². The van der Waals surface area contributed by atoms with Gasteiger partial charge in [0.15, 0.2) is 0 Å². The lowest BCUT2D eigenvalue weighted by Gasteiger charge is -1.99. The molecule has 0 saturated heterocycles. The minimum absolute atomic E-state index is 0. The number of rotatable bonds is 1. The fourth-order valence-electron chi connectivity index (χ4n) is 3.72. The van der Waals surface area contributed by atoms with Crippen LogP contribution in [0.2, 0.25) is 0 Å². The zero-order valence-electron chi connectivity index (χ0n) is 20.9. The van der Waals surface area contributed by atoms with Crippen LogP contribution in [0.5, 0.6) is 11.5 Å². The molecule has 2 heterocycles. The Kier molecular flexibility index (Phi) is 9.80. The zero-order chi connectivity index (χ0) is 25.3. The minimum Gasteiger partial charge on any atom is -0.506 e. The van der Waals surface area contributed by atoms with Gasteiger partial charge in [0.05, 0.1) is 0 Å². The molecule has 4 aromatic carbocycles. The van der Waals surface area contributed by atoms with Crippen LogP contribution in [0, 0.1) is 13.8 Å². The standard InChI is InChI=1S/C12H10.2C10H9NO.Al/c1-3-7-11(8-4-1)12-9-5-2-6-10-12;2*1-7-5-6-8-3-2-4-9(12)10(8)11-7;/h1-10H;2*2-6,12H,1H3;. The summed E-state index contributed by atoms with van der Waals surface area (Å²) in [7, 11) is 0. The molecular weight excluding hydrogens is 471 g/mol. The van der Waals surface area contributed by atoms with Crippen LogP contribution >= 0.6 is 0 Å². The van der Waals surface area contributed by atoms with Crippen molar-refractivity contribution in [2.24, 2.45) is 0 Å². The number of phenolic OH excluding ortho intramolecular Hbond substituents is 2. The van der Waals surface area contributed by atoms with Crippen molar-refractivity contribution in [3.05, 3.63) is 133 Å². The van der Waals surface area contributed by atoms with Gasteiger partial charge in [0, 0.05) is 39.5 Å². The molecule has 6 aromatic rings. The number of para-hydroxylation sites is 2. The molecule has 0 aliphatic carbocycles. The molecule has 0 unspecified atom stereocenters. The van der Waals surface area contributed by atoms with E-state index < -0.39 is 0 Å². The number of fused-ring (bicyclic) bond motifs is 2. The van der Waals surface area contributed by atoms with Crippen molar-refractivity contribution < 1.29 is 10.2 Å². The molecule has 0 aliphatic heterocycles. The molecule has 0 saturated carbocycles. The number of pyridine rings is 2. The lowest BCUT2D eigenvalue weighted by molar-refractivity contribution is 0.480. The molecule has 37 heavy (non-hydrogen) atoms. The fourth-order valence-corrected chi connectivity index (χ4v) is 3.72. The van der Waals surface area contributed by atoms with Gasteiger partial charge in [-0.3, -0.25) is 0 Å². The van der Waals surface area contributed by atoms with Crippen LogP contribution in [0.25, 0.3) is 32.9 Å². The number of aromatic nitrogens is 2. The molecule has 2 N–H and O–H groups in total. The van der Waals surface area contributed by atoms with Crippen LogP contribution in [0.4, 0.5) is 0 Å². The number of nitrogens with zero attached hydrogens (tertiary/aromatic N) is 2. The van der Waals surface area contributed by atoms with Gasteiger partial charge in [-0.15, -0.1) is 0 Å². The SMILES string of the molecule is Cc1ccc2cccc(O)c2n1.Cc1ccc2cccc(O)c2n1.[Al].c1ccc(-c2ccccc2)cc1. The van der Waals surface area contributed by atoms with Gasteiger partial charge >= 0.3 is 0 Å². The van der Waals surface area contributed by atoms with Crippen LogP contribution < -0.4 is 0 Å². The maximum atomic E-state index is 9.43. The first-order valence-electron chi connectivity index (χ1n) is 11.7. The molecule has 0 amide bonds. The predicted molar refractivity (Wildman–Crippen MR) is 154 cm³/mol. The van der Waals surface area contributed by atoms with E-state index in [9.17, 15) is 10.2 Å². The topological polar surface area (TPSA) is 66.2 Å². The molecule has 0 aliphatic rings. The summed E-state index contributed by atoms with van der Waals surface area (Å²) in [5.41, 5.74) is 5.75. The van der Waals surface area contributed by atoms with Gasteiger partial charge in [0.25, 0.3) is 0 Å². The van der Waals surface area contributed by atoms with E-state index in [0.29, 0.717) is 11.0 Å². The fraction of sp³-hybridized carbons (Fsp3) is 0.0625. The molecule has 181 valence electrons. The first-order chi connectivity index (χ1) is 17.5. The Labute approximate surface area is 228 Å². The highest BCUT2D eigenvalue weighted by Gasteiger charge is 2.00. The largest absolute Gasteiger partial charge is 0.506 e. The summed E-state index contributed by atoms with van der Waals surface area (Å²) in [6.45, 7) is 3.82. The molecule has 0 spiro atoms. The van der Waals surface area contributed by atoms with Gasteiger partial charge in [-0.05, 0) is 49.2 Å². The van der Waals surface area contributed by atoms with Crippen molar-refractivity contribution in [2.75, 3.05) is 0 Å². The van der Waals surface area contributed by atoms with Crippen molar-refractivity contribution in [1.29, 1.82) is 0 Å². The quantitative estimate of drug-likeness (QED) is 0.230. The van der Waals surface area contributed by atoms with Crippen molar-refractivity contribution in [1.82, 2.24) is 9.97 Å². The van der Waals surface area contributed by atoms with Gasteiger partial charge in [-0.25, -0.2) is 9.97 Å². The van der Waals surface area contributed by atoms with Gasteiger partial charge < -0.3 is 10.2 Å². The van der Waals surface area contributed by atoms with Gasteiger partial charge in [-0.1, -0.05) is 97.1 Å². The molecular formula is C32H28AlN2O2. The monoisotopic (exact) mass is 499 g/mol. The number of hydrogen-bond donors (Lipinski definition) is 2. The second-order valence-corrected chi connectivity index (χ2v) is 8.34. The Balaban J connectivity index is 0.000000152. The van der Waals surface area contributed by atoms with Crippen LogP contribution in [0.3, 0.4) is 0 Å². The van der Waals surface area contributed by atoms with E-state index >= 15 is 0 Å². The minimum atomic E-state index is 0.